The molecule has 0 aliphatic rings. The Kier molecular flexibility index (Phi) is 4.25. The van der Waals surface area contributed by atoms with Gasteiger partial charge in [-0.25, -0.2) is 9.59 Å². The van der Waals surface area contributed by atoms with E-state index in [4.69, 9.17) is 28.3 Å². The number of carboxylic acid groups (broad SMARTS) is 1. The number of thiazole rings is 1. The molecule has 0 unspecified atom stereocenters. The van der Waals surface area contributed by atoms with Crippen LogP contribution in [-0.2, 0) is 6.54 Å². The van der Waals surface area contributed by atoms with Gasteiger partial charge in [-0.2, -0.15) is 0 Å². The highest BCUT2D eigenvalue weighted by molar-refractivity contribution is 7.19. The van der Waals surface area contributed by atoms with Crippen molar-refractivity contribution in [3.05, 3.63) is 71.3 Å². The first-order valence-electron chi connectivity index (χ1n) is 6.72. The van der Waals surface area contributed by atoms with Crippen LogP contribution in [0.1, 0.15) is 20.8 Å². The smallest absolute Gasteiger partial charge is 0.347 e. The molecular weight excluding hydrogens is 375 g/mol. The van der Waals surface area contributed by atoms with Crippen molar-refractivity contribution in [2.45, 2.75) is 13.5 Å². The minimum atomic E-state index is -1.15. The summed E-state index contributed by atoms with van der Waals surface area (Å²) in [7, 11) is 0. The summed E-state index contributed by atoms with van der Waals surface area (Å²) in [6, 6.07) is 4.83. The van der Waals surface area contributed by atoms with Gasteiger partial charge >= 0.3 is 11.7 Å². The van der Waals surface area contributed by atoms with Crippen LogP contribution in [0.2, 0.25) is 10.0 Å². The Morgan fingerprint density at radius 3 is 2.58 bits per heavy atom. The monoisotopic (exact) mass is 384 g/mol. The zero-order valence-corrected chi connectivity index (χ0v) is 14.6. The van der Waals surface area contributed by atoms with Gasteiger partial charge < -0.3 is 5.11 Å². The average molecular weight is 385 g/mol. The predicted molar refractivity (Wildman–Crippen MR) is 93.1 cm³/mol. The van der Waals surface area contributed by atoms with Crippen LogP contribution in [0.4, 0.5) is 0 Å². The van der Waals surface area contributed by atoms with Crippen molar-refractivity contribution in [3.63, 3.8) is 0 Å². The minimum Gasteiger partial charge on any atom is -0.477 e. The Morgan fingerprint density at radius 2 is 1.96 bits per heavy atom. The van der Waals surface area contributed by atoms with Crippen LogP contribution in [0.3, 0.4) is 0 Å². The van der Waals surface area contributed by atoms with Crippen LogP contribution in [0.15, 0.2) is 34.0 Å². The number of hydrogen-bond donors (Lipinski definition) is 1. The Labute approximate surface area is 149 Å². The van der Waals surface area contributed by atoms with Crippen molar-refractivity contribution in [1.82, 2.24) is 8.97 Å². The Hall–Kier alpha value is -2.09. The van der Waals surface area contributed by atoms with Crippen molar-refractivity contribution in [1.29, 1.82) is 0 Å². The summed E-state index contributed by atoms with van der Waals surface area (Å²) >= 11 is 12.7. The fourth-order valence-electron chi connectivity index (χ4n) is 2.32. The maximum atomic E-state index is 12.6. The summed E-state index contributed by atoms with van der Waals surface area (Å²) in [4.78, 5) is 36.5. The first kappa shape index (κ1) is 16.8. The molecule has 0 amide bonds. The molecule has 1 N–H and O–H groups in total. The third-order valence-electron chi connectivity index (χ3n) is 3.53. The van der Waals surface area contributed by atoms with Crippen molar-refractivity contribution in [2.75, 3.05) is 0 Å². The zero-order chi connectivity index (χ0) is 17.6. The lowest BCUT2D eigenvalue weighted by Gasteiger charge is -2.08. The molecule has 1 aromatic carbocycles. The second-order valence-electron chi connectivity index (χ2n) is 5.12. The molecule has 0 bridgehead atoms. The van der Waals surface area contributed by atoms with Gasteiger partial charge in [-0.05, 0) is 24.6 Å². The van der Waals surface area contributed by atoms with E-state index >= 15 is 0 Å². The zero-order valence-electron chi connectivity index (χ0n) is 12.2. The fourth-order valence-corrected chi connectivity index (χ4v) is 3.57. The third-order valence-corrected chi connectivity index (χ3v) is 5.47. The van der Waals surface area contributed by atoms with Crippen LogP contribution < -0.4 is 11.2 Å². The van der Waals surface area contributed by atoms with E-state index in [1.807, 2.05) is 0 Å². The molecule has 0 atom stereocenters. The number of carboxylic acids is 1. The number of aromatic carboxylic acids is 1. The first-order chi connectivity index (χ1) is 11.3. The minimum absolute atomic E-state index is 0.0105. The van der Waals surface area contributed by atoms with E-state index in [1.54, 1.807) is 25.1 Å². The van der Waals surface area contributed by atoms with Gasteiger partial charge in [0.15, 0.2) is 0 Å². The number of hydrogen-bond acceptors (Lipinski definition) is 4. The molecule has 24 heavy (non-hydrogen) atoms. The van der Waals surface area contributed by atoms with Crippen LogP contribution in [-0.4, -0.2) is 20.0 Å². The number of benzene rings is 1. The molecule has 0 saturated heterocycles. The maximum Gasteiger partial charge on any atom is 0.347 e. The number of rotatable bonds is 3. The number of nitrogens with zero attached hydrogens (tertiary/aromatic N) is 2. The standard InChI is InChI=1S/C15H10Cl2N2O4S/c1-7-12(20)18(5-8-2-3-9(16)10(17)4-8)15(23)19-6-11(14(21)22)24-13(7)19/h2-4,6H,5H2,1H3,(H,21,22). The first-order valence-corrected chi connectivity index (χ1v) is 8.29. The Bertz CT molecular complexity index is 1100. The quantitative estimate of drug-likeness (QED) is 0.752. The van der Waals surface area contributed by atoms with Crippen molar-refractivity contribution >= 4 is 45.3 Å². The number of aromatic nitrogens is 2. The summed E-state index contributed by atoms with van der Waals surface area (Å²) < 4.78 is 2.22. The SMILES string of the molecule is Cc1c(=O)n(Cc2ccc(Cl)c(Cl)c2)c(=O)n2cc(C(=O)O)sc12. The van der Waals surface area contributed by atoms with Gasteiger partial charge in [0.2, 0.25) is 0 Å². The average Bonchev–Trinajstić information content (AvgIpc) is 2.99. The van der Waals surface area contributed by atoms with E-state index in [-0.39, 0.29) is 11.4 Å². The van der Waals surface area contributed by atoms with Crippen LogP contribution in [0.25, 0.3) is 4.83 Å². The van der Waals surface area contributed by atoms with Gasteiger partial charge in [0.1, 0.15) is 9.71 Å². The molecule has 2 aromatic heterocycles. The predicted octanol–water partition coefficient (Wildman–Crippen LogP) is 2.88. The highest BCUT2D eigenvalue weighted by Crippen LogP contribution is 2.23. The molecule has 6 nitrogen and oxygen atoms in total. The lowest BCUT2D eigenvalue weighted by Crippen LogP contribution is -2.38. The number of fused-ring (bicyclic) bond motifs is 1. The molecule has 0 fully saturated rings. The molecule has 3 rings (SSSR count). The molecule has 0 saturated carbocycles. The molecule has 0 spiro atoms. The van der Waals surface area contributed by atoms with Crippen molar-refractivity contribution in [2.24, 2.45) is 0 Å². The molecule has 124 valence electrons. The number of aryl methyl sites for hydroxylation is 1. The highest BCUT2D eigenvalue weighted by atomic mass is 35.5. The number of carbonyl (C=O) groups is 1. The second-order valence-corrected chi connectivity index (χ2v) is 6.97. The summed E-state index contributed by atoms with van der Waals surface area (Å²) in [5, 5.41) is 9.78. The lowest BCUT2D eigenvalue weighted by molar-refractivity contribution is 0.0701. The van der Waals surface area contributed by atoms with E-state index in [2.05, 4.69) is 0 Å². The summed E-state index contributed by atoms with van der Waals surface area (Å²) in [6.07, 6.45) is 1.22. The van der Waals surface area contributed by atoms with E-state index in [1.165, 1.54) is 10.6 Å². The van der Waals surface area contributed by atoms with Gasteiger partial charge in [-0.15, -0.1) is 11.3 Å². The van der Waals surface area contributed by atoms with Crippen molar-refractivity contribution < 1.29 is 9.90 Å². The molecule has 2 heterocycles. The van der Waals surface area contributed by atoms with E-state index in [9.17, 15) is 14.4 Å². The largest absolute Gasteiger partial charge is 0.477 e. The summed E-state index contributed by atoms with van der Waals surface area (Å²) in [5.41, 5.74) is -0.121. The van der Waals surface area contributed by atoms with Crippen LogP contribution in [0.5, 0.6) is 0 Å². The summed E-state index contributed by atoms with van der Waals surface area (Å²) in [6.45, 7) is 1.57. The molecule has 3 aromatic rings. The Morgan fingerprint density at radius 1 is 1.25 bits per heavy atom. The molecule has 0 aliphatic heterocycles. The van der Waals surface area contributed by atoms with Gasteiger partial charge in [0, 0.05) is 11.8 Å². The summed E-state index contributed by atoms with van der Waals surface area (Å²) in [5.74, 6) is -1.15. The third kappa shape index (κ3) is 2.75. The fraction of sp³-hybridized carbons (Fsp3) is 0.133. The molecule has 0 radical (unpaired) electrons. The van der Waals surface area contributed by atoms with E-state index in [0.29, 0.717) is 26.0 Å². The van der Waals surface area contributed by atoms with Gasteiger partial charge in [0.25, 0.3) is 5.56 Å². The number of halogens is 2. The second kappa shape index (κ2) is 6.08. The van der Waals surface area contributed by atoms with E-state index < -0.39 is 17.2 Å². The van der Waals surface area contributed by atoms with Gasteiger partial charge in [-0.3, -0.25) is 13.8 Å². The topological polar surface area (TPSA) is 80.8 Å². The lowest BCUT2D eigenvalue weighted by atomic mass is 10.2. The van der Waals surface area contributed by atoms with Crippen LogP contribution in [0, 0.1) is 6.92 Å². The van der Waals surface area contributed by atoms with Gasteiger partial charge in [-0.1, -0.05) is 29.3 Å². The molecular formula is C15H10Cl2N2O4S. The Balaban J connectivity index is 2.21. The van der Waals surface area contributed by atoms with E-state index in [0.717, 1.165) is 15.9 Å². The highest BCUT2D eigenvalue weighted by Gasteiger charge is 2.17. The van der Waals surface area contributed by atoms with Gasteiger partial charge in [0.05, 0.1) is 16.6 Å². The maximum absolute atomic E-state index is 12.6. The molecule has 9 heteroatoms. The van der Waals surface area contributed by atoms with Crippen LogP contribution >= 0.6 is 34.5 Å². The normalized spacial score (nSPS) is 11.1. The molecule has 0 aliphatic carbocycles. The van der Waals surface area contributed by atoms with Crippen molar-refractivity contribution in [3.8, 4) is 0 Å².